The number of hydrogen-bond acceptors (Lipinski definition) is 9. The van der Waals surface area contributed by atoms with Crippen LogP contribution in [0.5, 0.6) is 11.5 Å². The maximum absolute atomic E-state index is 13.1. The van der Waals surface area contributed by atoms with Gasteiger partial charge in [-0.2, -0.15) is 5.26 Å². The van der Waals surface area contributed by atoms with E-state index in [0.29, 0.717) is 16.8 Å². The van der Waals surface area contributed by atoms with Crippen LogP contribution in [0.2, 0.25) is 0 Å². The molecule has 0 fully saturated rings. The number of amides is 1. The summed E-state index contributed by atoms with van der Waals surface area (Å²) in [5, 5.41) is 11.9. The summed E-state index contributed by atoms with van der Waals surface area (Å²) in [7, 11) is 5.03. The fourth-order valence-corrected chi connectivity index (χ4v) is 3.76. The molecule has 0 saturated carbocycles. The van der Waals surface area contributed by atoms with Crippen molar-refractivity contribution in [2.75, 3.05) is 38.0 Å². The van der Waals surface area contributed by atoms with Gasteiger partial charge in [0, 0.05) is 25.8 Å². The van der Waals surface area contributed by atoms with Gasteiger partial charge in [-0.25, -0.2) is 4.98 Å². The van der Waals surface area contributed by atoms with Crippen LogP contribution in [0.1, 0.15) is 11.1 Å². The fraction of sp³-hybridized carbons (Fsp3) is 0.207. The van der Waals surface area contributed by atoms with E-state index in [0.717, 1.165) is 15.8 Å². The molecule has 0 bridgehead atoms. The zero-order valence-electron chi connectivity index (χ0n) is 22.2. The van der Waals surface area contributed by atoms with Gasteiger partial charge in [0.2, 0.25) is 5.91 Å². The first-order chi connectivity index (χ1) is 19.3. The first-order valence-corrected chi connectivity index (χ1v) is 12.2. The average molecular weight is 542 g/mol. The molecule has 204 valence electrons. The molecule has 0 spiro atoms. The molecular formula is C29H27N5O6. The second-order valence-electron chi connectivity index (χ2n) is 8.96. The molecular weight excluding hydrogens is 514 g/mol. The van der Waals surface area contributed by atoms with Crippen LogP contribution in [-0.4, -0.2) is 49.2 Å². The molecule has 0 aliphatic carbocycles. The summed E-state index contributed by atoms with van der Waals surface area (Å²) in [5.41, 5.74) is 2.36. The number of ether oxygens (including phenoxy) is 3. The predicted octanol–water partition coefficient (Wildman–Crippen LogP) is 3.45. The number of rotatable bonds is 10. The Morgan fingerprint density at radius 1 is 1.10 bits per heavy atom. The topological polar surface area (TPSA) is 136 Å². The van der Waals surface area contributed by atoms with Crippen LogP contribution in [0.3, 0.4) is 0 Å². The SMILES string of the molecule is COC(=O)Cn1cnc2cc(NC(=O)COCc3ccc(C#N)cc3)c(Oc3cccc(N(C)C)c3)cc2c1=O. The zero-order valence-corrected chi connectivity index (χ0v) is 22.2. The number of carbonyl (C=O) groups is 2. The Morgan fingerprint density at radius 2 is 1.88 bits per heavy atom. The molecule has 0 atom stereocenters. The van der Waals surface area contributed by atoms with Crippen LogP contribution in [0, 0.1) is 11.3 Å². The van der Waals surface area contributed by atoms with Crippen LogP contribution >= 0.6 is 0 Å². The average Bonchev–Trinajstić information content (AvgIpc) is 2.95. The molecule has 0 aliphatic heterocycles. The van der Waals surface area contributed by atoms with E-state index in [1.807, 2.05) is 37.2 Å². The minimum atomic E-state index is -0.592. The van der Waals surface area contributed by atoms with E-state index in [2.05, 4.69) is 21.1 Å². The number of fused-ring (bicyclic) bond motifs is 1. The molecule has 1 aromatic heterocycles. The van der Waals surface area contributed by atoms with Gasteiger partial charge in [0.25, 0.3) is 5.56 Å². The molecule has 11 heteroatoms. The molecule has 0 saturated heterocycles. The highest BCUT2D eigenvalue weighted by Gasteiger charge is 2.16. The highest BCUT2D eigenvalue weighted by molar-refractivity contribution is 5.96. The standard InChI is InChI=1S/C29H27N5O6/c1-33(2)21-5-4-6-22(11-21)40-26-12-23-24(31-18-34(29(23)37)15-28(36)38-3)13-25(26)32-27(35)17-39-16-20-9-7-19(14-30)8-10-20/h4-13,18H,15-17H2,1-3H3,(H,32,35). The van der Waals surface area contributed by atoms with E-state index >= 15 is 0 Å². The van der Waals surface area contributed by atoms with Crippen LogP contribution in [0.15, 0.2) is 71.8 Å². The van der Waals surface area contributed by atoms with Crippen molar-refractivity contribution in [1.29, 1.82) is 5.26 Å². The van der Waals surface area contributed by atoms with E-state index in [-0.39, 0.29) is 36.6 Å². The van der Waals surface area contributed by atoms with Gasteiger partial charge in [-0.05, 0) is 42.0 Å². The summed E-state index contributed by atoms with van der Waals surface area (Å²) in [6.45, 7) is -0.366. The number of benzene rings is 3. The lowest BCUT2D eigenvalue weighted by Crippen LogP contribution is -2.25. The number of carbonyl (C=O) groups excluding carboxylic acids is 2. The van der Waals surface area contributed by atoms with Gasteiger partial charge >= 0.3 is 5.97 Å². The van der Waals surface area contributed by atoms with Gasteiger partial charge in [-0.3, -0.25) is 19.0 Å². The quantitative estimate of drug-likeness (QED) is 0.299. The number of methoxy groups -OCH3 is 1. The smallest absolute Gasteiger partial charge is 0.325 e. The van der Waals surface area contributed by atoms with Crippen molar-refractivity contribution in [3.05, 3.63) is 88.5 Å². The van der Waals surface area contributed by atoms with Gasteiger partial charge < -0.3 is 24.4 Å². The third-order valence-electron chi connectivity index (χ3n) is 5.87. The Morgan fingerprint density at radius 3 is 2.58 bits per heavy atom. The zero-order chi connectivity index (χ0) is 28.6. The molecule has 11 nitrogen and oxygen atoms in total. The van der Waals surface area contributed by atoms with E-state index in [1.54, 1.807) is 30.3 Å². The third kappa shape index (κ3) is 6.80. The highest BCUT2D eigenvalue weighted by atomic mass is 16.5. The van der Waals surface area contributed by atoms with E-state index in [4.69, 9.17) is 14.7 Å². The van der Waals surface area contributed by atoms with Gasteiger partial charge in [-0.15, -0.1) is 0 Å². The lowest BCUT2D eigenvalue weighted by Gasteiger charge is -2.16. The molecule has 0 radical (unpaired) electrons. The molecule has 0 aliphatic rings. The number of aromatic nitrogens is 2. The molecule has 4 rings (SSSR count). The second kappa shape index (κ2) is 12.6. The normalized spacial score (nSPS) is 10.6. The van der Waals surface area contributed by atoms with E-state index in [1.165, 1.54) is 25.6 Å². The first kappa shape index (κ1) is 27.8. The number of hydrogen-bond donors (Lipinski definition) is 1. The Kier molecular flexibility index (Phi) is 8.73. The second-order valence-corrected chi connectivity index (χ2v) is 8.96. The molecule has 4 aromatic rings. The monoisotopic (exact) mass is 541 g/mol. The summed E-state index contributed by atoms with van der Waals surface area (Å²) in [6, 6.07) is 19.2. The predicted molar refractivity (Wildman–Crippen MR) is 148 cm³/mol. The maximum Gasteiger partial charge on any atom is 0.325 e. The Hall–Kier alpha value is -5.21. The summed E-state index contributed by atoms with van der Waals surface area (Å²) in [4.78, 5) is 43.8. The van der Waals surface area contributed by atoms with Gasteiger partial charge in [0.15, 0.2) is 5.75 Å². The number of nitrogens with zero attached hydrogens (tertiary/aromatic N) is 4. The van der Waals surface area contributed by atoms with Crippen LogP contribution < -0.4 is 20.5 Å². The fourth-order valence-electron chi connectivity index (χ4n) is 3.76. The number of esters is 1. The third-order valence-corrected chi connectivity index (χ3v) is 5.87. The summed E-state index contributed by atoms with van der Waals surface area (Å²) in [5.74, 6) is -0.348. The summed E-state index contributed by atoms with van der Waals surface area (Å²) < 4.78 is 17.5. The lowest BCUT2D eigenvalue weighted by atomic mass is 10.2. The minimum absolute atomic E-state index is 0.179. The van der Waals surface area contributed by atoms with Gasteiger partial charge in [-0.1, -0.05) is 18.2 Å². The maximum atomic E-state index is 13.1. The highest BCUT2D eigenvalue weighted by Crippen LogP contribution is 2.33. The number of nitrogens with one attached hydrogen (secondary N) is 1. The summed E-state index contributed by atoms with van der Waals surface area (Å²) in [6.07, 6.45) is 1.25. The largest absolute Gasteiger partial charge is 0.468 e. The Balaban J connectivity index is 1.61. The molecule has 3 aromatic carbocycles. The van der Waals surface area contributed by atoms with Gasteiger partial charge in [0.1, 0.15) is 18.9 Å². The Bertz CT molecular complexity index is 1640. The molecule has 1 amide bonds. The summed E-state index contributed by atoms with van der Waals surface area (Å²) >= 11 is 0. The molecule has 0 unspecified atom stereocenters. The lowest BCUT2D eigenvalue weighted by molar-refractivity contribution is -0.141. The van der Waals surface area contributed by atoms with Crippen LogP contribution in [-0.2, 0) is 32.2 Å². The van der Waals surface area contributed by atoms with Crippen molar-refractivity contribution in [2.45, 2.75) is 13.2 Å². The van der Waals surface area contributed by atoms with Crippen molar-refractivity contribution in [2.24, 2.45) is 0 Å². The van der Waals surface area contributed by atoms with Crippen molar-refractivity contribution < 1.29 is 23.8 Å². The van der Waals surface area contributed by atoms with E-state index in [9.17, 15) is 14.4 Å². The number of anilines is 2. The minimum Gasteiger partial charge on any atom is -0.468 e. The number of nitriles is 1. The van der Waals surface area contributed by atoms with Crippen molar-refractivity contribution in [1.82, 2.24) is 9.55 Å². The van der Waals surface area contributed by atoms with Crippen molar-refractivity contribution in [3.63, 3.8) is 0 Å². The van der Waals surface area contributed by atoms with Crippen LogP contribution in [0.4, 0.5) is 11.4 Å². The Labute approximate surface area is 230 Å². The van der Waals surface area contributed by atoms with Crippen LogP contribution in [0.25, 0.3) is 10.9 Å². The van der Waals surface area contributed by atoms with Gasteiger partial charge in [0.05, 0.1) is 48.3 Å². The van der Waals surface area contributed by atoms with Crippen molar-refractivity contribution >= 4 is 34.2 Å². The van der Waals surface area contributed by atoms with Crippen molar-refractivity contribution in [3.8, 4) is 17.6 Å². The first-order valence-electron chi connectivity index (χ1n) is 12.2. The molecule has 1 N–H and O–H groups in total. The molecule has 40 heavy (non-hydrogen) atoms. The molecule has 1 heterocycles. The van der Waals surface area contributed by atoms with E-state index < -0.39 is 17.4 Å².